The average molecular weight is 283 g/mol. The molecule has 1 aromatic rings. The van der Waals surface area contributed by atoms with E-state index in [1.165, 1.54) is 6.07 Å². The summed E-state index contributed by atoms with van der Waals surface area (Å²) in [6.45, 7) is 1.54. The summed E-state index contributed by atoms with van der Waals surface area (Å²) >= 11 is 0. The average Bonchev–Trinajstić information content (AvgIpc) is 2.88. The Balaban J connectivity index is 1.83. The molecule has 2 N–H and O–H groups in total. The highest BCUT2D eigenvalue weighted by atomic mass is 16.7. The second-order valence-electron chi connectivity index (χ2n) is 4.03. The first-order valence-electron chi connectivity index (χ1n) is 6.15. The molecule has 1 aromatic carbocycles. The van der Waals surface area contributed by atoms with Gasteiger partial charge >= 0.3 is 5.97 Å². The number of nitrogens with two attached hydrogens (primary N) is 1. The number of anilines is 1. The number of carbonyl (C=O) groups is 1. The zero-order valence-electron chi connectivity index (χ0n) is 11.2. The van der Waals surface area contributed by atoms with Crippen LogP contribution in [-0.2, 0) is 14.2 Å². The van der Waals surface area contributed by atoms with Gasteiger partial charge in [0.25, 0.3) is 0 Å². The normalized spacial score (nSPS) is 12.4. The van der Waals surface area contributed by atoms with Gasteiger partial charge in [0.2, 0.25) is 6.79 Å². The van der Waals surface area contributed by atoms with E-state index in [1.54, 1.807) is 13.2 Å². The number of fused-ring (bicyclic) bond motifs is 1. The van der Waals surface area contributed by atoms with Crippen molar-refractivity contribution in [2.24, 2.45) is 0 Å². The molecule has 0 radical (unpaired) electrons. The molecule has 0 aromatic heterocycles. The Hall–Kier alpha value is -1.99. The van der Waals surface area contributed by atoms with Crippen molar-refractivity contribution in [3.05, 3.63) is 17.7 Å². The molecule has 1 heterocycles. The minimum Gasteiger partial charge on any atom is -0.460 e. The Labute approximate surface area is 116 Å². The summed E-state index contributed by atoms with van der Waals surface area (Å²) in [4.78, 5) is 11.9. The number of esters is 1. The van der Waals surface area contributed by atoms with Crippen molar-refractivity contribution in [2.75, 3.05) is 46.1 Å². The van der Waals surface area contributed by atoms with Crippen molar-refractivity contribution in [1.29, 1.82) is 0 Å². The number of nitrogen functional groups attached to an aromatic ring is 1. The van der Waals surface area contributed by atoms with E-state index in [4.69, 9.17) is 29.4 Å². The van der Waals surface area contributed by atoms with Gasteiger partial charge in [0.15, 0.2) is 11.5 Å². The van der Waals surface area contributed by atoms with E-state index in [9.17, 15) is 4.79 Å². The van der Waals surface area contributed by atoms with Crippen LogP contribution in [-0.4, -0.2) is 46.3 Å². The number of hydrogen-bond acceptors (Lipinski definition) is 7. The van der Waals surface area contributed by atoms with Crippen LogP contribution in [0.3, 0.4) is 0 Å². The molecule has 0 fully saturated rings. The number of carbonyl (C=O) groups excluding carboxylic acids is 1. The van der Waals surface area contributed by atoms with Crippen LogP contribution < -0.4 is 15.2 Å². The van der Waals surface area contributed by atoms with Gasteiger partial charge in [-0.05, 0) is 0 Å². The molecular formula is C13H17NO6. The number of rotatable bonds is 7. The summed E-state index contributed by atoms with van der Waals surface area (Å²) in [5.74, 6) is 0.501. The zero-order valence-corrected chi connectivity index (χ0v) is 11.2. The molecule has 0 spiro atoms. The van der Waals surface area contributed by atoms with Crippen LogP contribution in [0.5, 0.6) is 11.5 Å². The van der Waals surface area contributed by atoms with E-state index in [2.05, 4.69) is 0 Å². The summed E-state index contributed by atoms with van der Waals surface area (Å²) in [5.41, 5.74) is 6.33. The molecule has 7 nitrogen and oxygen atoms in total. The first-order valence-corrected chi connectivity index (χ1v) is 6.15. The van der Waals surface area contributed by atoms with Gasteiger partial charge in [0, 0.05) is 19.2 Å². The molecule has 20 heavy (non-hydrogen) atoms. The smallest absolute Gasteiger partial charge is 0.340 e. The van der Waals surface area contributed by atoms with Gasteiger partial charge in [-0.15, -0.1) is 0 Å². The van der Waals surface area contributed by atoms with E-state index in [0.717, 1.165) is 0 Å². The maximum absolute atomic E-state index is 11.9. The summed E-state index contributed by atoms with van der Waals surface area (Å²) in [5, 5.41) is 0. The quantitative estimate of drug-likeness (QED) is 0.450. The van der Waals surface area contributed by atoms with E-state index in [1.807, 2.05) is 0 Å². The molecule has 0 saturated heterocycles. The molecule has 2 rings (SSSR count). The van der Waals surface area contributed by atoms with Crippen LogP contribution in [0.1, 0.15) is 10.4 Å². The predicted octanol–water partition coefficient (Wildman–Crippen LogP) is 0.817. The van der Waals surface area contributed by atoms with Crippen molar-refractivity contribution in [3.63, 3.8) is 0 Å². The molecule has 0 saturated carbocycles. The molecule has 1 aliphatic rings. The van der Waals surface area contributed by atoms with Crippen LogP contribution in [0.4, 0.5) is 5.69 Å². The minimum absolute atomic E-state index is 0.126. The lowest BCUT2D eigenvalue weighted by Crippen LogP contribution is -2.13. The molecule has 1 aliphatic heterocycles. The molecule has 0 atom stereocenters. The summed E-state index contributed by atoms with van der Waals surface area (Å²) < 4.78 is 25.4. The maximum atomic E-state index is 11.9. The minimum atomic E-state index is -0.517. The van der Waals surface area contributed by atoms with Crippen molar-refractivity contribution < 1.29 is 28.5 Å². The van der Waals surface area contributed by atoms with E-state index in [-0.39, 0.29) is 19.0 Å². The van der Waals surface area contributed by atoms with Gasteiger partial charge in [-0.2, -0.15) is 0 Å². The third kappa shape index (κ3) is 3.52. The highest BCUT2D eigenvalue weighted by molar-refractivity contribution is 5.96. The molecule has 7 heteroatoms. The van der Waals surface area contributed by atoms with Crippen LogP contribution in [0.25, 0.3) is 0 Å². The van der Waals surface area contributed by atoms with Gasteiger partial charge in [-0.25, -0.2) is 4.79 Å². The van der Waals surface area contributed by atoms with Crippen molar-refractivity contribution >= 4 is 11.7 Å². The number of benzene rings is 1. The predicted molar refractivity (Wildman–Crippen MR) is 70.0 cm³/mol. The SMILES string of the molecule is COCCOCCOC(=O)c1cc2c(cc1N)OCO2. The van der Waals surface area contributed by atoms with E-state index in [0.29, 0.717) is 37.0 Å². The molecule has 110 valence electrons. The highest BCUT2D eigenvalue weighted by Gasteiger charge is 2.20. The third-order valence-corrected chi connectivity index (χ3v) is 2.66. The Morgan fingerprint density at radius 2 is 1.90 bits per heavy atom. The Morgan fingerprint density at radius 3 is 2.65 bits per heavy atom. The Kier molecular flexibility index (Phi) is 5.03. The lowest BCUT2D eigenvalue weighted by atomic mass is 10.1. The van der Waals surface area contributed by atoms with Gasteiger partial charge < -0.3 is 29.4 Å². The number of ether oxygens (including phenoxy) is 5. The Morgan fingerprint density at radius 1 is 1.20 bits per heavy atom. The monoisotopic (exact) mass is 283 g/mol. The first kappa shape index (κ1) is 14.4. The van der Waals surface area contributed by atoms with Gasteiger partial charge in [-0.3, -0.25) is 0 Å². The van der Waals surface area contributed by atoms with E-state index < -0.39 is 5.97 Å². The lowest BCUT2D eigenvalue weighted by Gasteiger charge is -2.08. The van der Waals surface area contributed by atoms with Crippen LogP contribution >= 0.6 is 0 Å². The maximum Gasteiger partial charge on any atom is 0.340 e. The van der Waals surface area contributed by atoms with Gasteiger partial charge in [0.1, 0.15) is 6.61 Å². The summed E-state index contributed by atoms with van der Waals surface area (Å²) in [7, 11) is 1.59. The van der Waals surface area contributed by atoms with Crippen molar-refractivity contribution in [3.8, 4) is 11.5 Å². The van der Waals surface area contributed by atoms with Crippen molar-refractivity contribution in [1.82, 2.24) is 0 Å². The standard InChI is InChI=1S/C13H17NO6/c1-16-2-3-17-4-5-18-13(15)9-6-11-12(7-10(9)14)20-8-19-11/h6-7H,2-5,8,14H2,1H3. The van der Waals surface area contributed by atoms with Crippen LogP contribution in [0.15, 0.2) is 12.1 Å². The summed E-state index contributed by atoms with van der Waals surface area (Å²) in [6, 6.07) is 3.07. The second-order valence-corrected chi connectivity index (χ2v) is 4.03. The van der Waals surface area contributed by atoms with Crippen LogP contribution in [0.2, 0.25) is 0 Å². The van der Waals surface area contributed by atoms with Gasteiger partial charge in [0.05, 0.1) is 31.1 Å². The molecule has 0 unspecified atom stereocenters. The number of methoxy groups -OCH3 is 1. The summed E-state index contributed by atoms with van der Waals surface area (Å²) in [6.07, 6.45) is 0. The first-order chi connectivity index (χ1) is 9.72. The Bertz CT molecular complexity index is 476. The fourth-order valence-corrected chi connectivity index (χ4v) is 1.65. The zero-order chi connectivity index (χ0) is 14.4. The molecule has 0 amide bonds. The van der Waals surface area contributed by atoms with Crippen molar-refractivity contribution in [2.45, 2.75) is 0 Å². The van der Waals surface area contributed by atoms with E-state index >= 15 is 0 Å². The number of hydrogen-bond donors (Lipinski definition) is 1. The van der Waals surface area contributed by atoms with Crippen LogP contribution in [0, 0.1) is 0 Å². The largest absolute Gasteiger partial charge is 0.460 e. The van der Waals surface area contributed by atoms with Gasteiger partial charge in [-0.1, -0.05) is 0 Å². The fraction of sp³-hybridized carbons (Fsp3) is 0.462. The molecular weight excluding hydrogens is 266 g/mol. The third-order valence-electron chi connectivity index (χ3n) is 2.66. The molecule has 0 bridgehead atoms. The molecule has 0 aliphatic carbocycles. The second kappa shape index (κ2) is 6.97. The lowest BCUT2D eigenvalue weighted by molar-refractivity contribution is 0.0214. The topological polar surface area (TPSA) is 89.2 Å². The highest BCUT2D eigenvalue weighted by Crippen LogP contribution is 2.36. The fourth-order valence-electron chi connectivity index (χ4n) is 1.65.